The zero-order valence-electron chi connectivity index (χ0n) is 10.4. The molecule has 0 radical (unpaired) electrons. The molecule has 0 spiro atoms. The Morgan fingerprint density at radius 1 is 1.47 bits per heavy atom. The van der Waals surface area contributed by atoms with E-state index in [1.54, 1.807) is 13.0 Å². The van der Waals surface area contributed by atoms with E-state index < -0.39 is 30.4 Å². The van der Waals surface area contributed by atoms with Crippen LogP contribution < -0.4 is 0 Å². The molecule has 1 fully saturated rings. The summed E-state index contributed by atoms with van der Waals surface area (Å²) in [7, 11) is 0. The van der Waals surface area contributed by atoms with Crippen LogP contribution in [0.25, 0.3) is 0 Å². The second-order valence-electron chi connectivity index (χ2n) is 4.18. The van der Waals surface area contributed by atoms with Crippen molar-refractivity contribution >= 4 is 20.5 Å². The average molecular weight is 335 g/mol. The van der Waals surface area contributed by atoms with Crippen molar-refractivity contribution in [3.8, 4) is 0 Å². The van der Waals surface area contributed by atoms with Gasteiger partial charge in [0.05, 0.1) is 0 Å². The molecule has 106 valence electrons. The minimum absolute atomic E-state index is 0.127. The van der Waals surface area contributed by atoms with Gasteiger partial charge in [-0.15, -0.1) is 0 Å². The van der Waals surface area contributed by atoms with E-state index in [2.05, 4.69) is 0 Å². The van der Waals surface area contributed by atoms with Crippen molar-refractivity contribution in [1.82, 2.24) is 0 Å². The van der Waals surface area contributed by atoms with Crippen LogP contribution in [0.2, 0.25) is 0 Å². The summed E-state index contributed by atoms with van der Waals surface area (Å²) < 4.78 is 11.0. The number of aliphatic hydroxyl groups is 3. The summed E-state index contributed by atoms with van der Waals surface area (Å²) in [5.74, 6) is -0.453. The van der Waals surface area contributed by atoms with Gasteiger partial charge in [0.15, 0.2) is 0 Å². The standard InChI is InChI=1S/C12H16O6Se/c1-2-17-12(16)6-3-4-19-11(6)10-9(15)8(14)7(5-13)18-10/h3-4,7-10,13-15H,2,5H2,1H3/t7-,8+,9+,10+/m1/s1. The van der Waals surface area contributed by atoms with Gasteiger partial charge in [0, 0.05) is 0 Å². The maximum absolute atomic E-state index is 11.8. The Hall–Kier alpha value is -0.691. The summed E-state index contributed by atoms with van der Waals surface area (Å²) in [6.07, 6.45) is -3.88. The van der Waals surface area contributed by atoms with Crippen LogP contribution in [0.15, 0.2) is 11.0 Å². The summed E-state index contributed by atoms with van der Waals surface area (Å²) in [6.45, 7) is 1.61. The first kappa shape index (κ1) is 14.7. The molecule has 1 aromatic rings. The van der Waals surface area contributed by atoms with E-state index in [4.69, 9.17) is 14.6 Å². The van der Waals surface area contributed by atoms with Crippen LogP contribution in [0.1, 0.15) is 27.8 Å². The zero-order valence-corrected chi connectivity index (χ0v) is 12.1. The van der Waals surface area contributed by atoms with E-state index in [1.165, 1.54) is 0 Å². The van der Waals surface area contributed by atoms with Gasteiger partial charge in [0.25, 0.3) is 0 Å². The third kappa shape index (κ3) is 2.76. The van der Waals surface area contributed by atoms with Gasteiger partial charge >= 0.3 is 116 Å². The minimum atomic E-state index is -1.15. The number of aliphatic hydroxyl groups excluding tert-OH is 3. The first-order valence-corrected chi connectivity index (χ1v) is 7.81. The Morgan fingerprint density at radius 3 is 2.79 bits per heavy atom. The second kappa shape index (κ2) is 6.17. The van der Waals surface area contributed by atoms with Gasteiger partial charge in [-0.1, -0.05) is 0 Å². The predicted octanol–water partition coefficient (Wildman–Crippen LogP) is -0.926. The van der Waals surface area contributed by atoms with Crippen LogP contribution >= 0.6 is 0 Å². The molecule has 1 aromatic heterocycles. The molecule has 0 amide bonds. The van der Waals surface area contributed by atoms with Gasteiger partial charge in [-0.3, -0.25) is 0 Å². The fraction of sp³-hybridized carbons (Fsp3) is 0.583. The van der Waals surface area contributed by atoms with Gasteiger partial charge in [0.1, 0.15) is 0 Å². The number of hydrogen-bond donors (Lipinski definition) is 3. The van der Waals surface area contributed by atoms with Crippen molar-refractivity contribution in [3.63, 3.8) is 0 Å². The Bertz CT molecular complexity index is 445. The van der Waals surface area contributed by atoms with Crippen molar-refractivity contribution in [2.75, 3.05) is 13.2 Å². The molecular formula is C12H16O6Se. The van der Waals surface area contributed by atoms with E-state index >= 15 is 0 Å². The molecule has 1 aliphatic rings. The number of carbonyl (C=O) groups is 1. The SMILES string of the molecule is CCOC(=O)c1cc[se]c1[C@H]1O[C@H](CO)[C@H](O)[C@@H]1O. The van der Waals surface area contributed by atoms with Crippen LogP contribution in [-0.4, -0.2) is 67.3 Å². The average Bonchev–Trinajstić information content (AvgIpc) is 2.97. The van der Waals surface area contributed by atoms with Gasteiger partial charge in [-0.2, -0.15) is 0 Å². The number of esters is 1. The third-order valence-corrected chi connectivity index (χ3v) is 5.04. The molecule has 2 rings (SSSR count). The fourth-order valence-corrected chi connectivity index (χ4v) is 4.05. The van der Waals surface area contributed by atoms with Crippen LogP contribution in [-0.2, 0) is 9.47 Å². The zero-order chi connectivity index (χ0) is 14.0. The topological polar surface area (TPSA) is 96.2 Å². The molecule has 19 heavy (non-hydrogen) atoms. The van der Waals surface area contributed by atoms with Crippen molar-refractivity contribution in [3.05, 3.63) is 21.0 Å². The Kier molecular flexibility index (Phi) is 4.78. The molecule has 2 heterocycles. The van der Waals surface area contributed by atoms with Crippen molar-refractivity contribution in [2.45, 2.75) is 31.3 Å². The van der Waals surface area contributed by atoms with E-state index in [0.717, 1.165) is 0 Å². The van der Waals surface area contributed by atoms with Gasteiger partial charge in [-0.25, -0.2) is 0 Å². The first-order chi connectivity index (χ1) is 9.10. The Balaban J connectivity index is 2.23. The molecule has 4 atom stereocenters. The molecule has 0 bridgehead atoms. The van der Waals surface area contributed by atoms with E-state index in [1.807, 2.05) is 4.94 Å². The number of ether oxygens (including phenoxy) is 2. The molecule has 1 saturated heterocycles. The molecule has 1 aliphatic heterocycles. The Morgan fingerprint density at radius 2 is 2.21 bits per heavy atom. The normalized spacial score (nSPS) is 30.5. The van der Waals surface area contributed by atoms with Crippen LogP contribution in [0.4, 0.5) is 0 Å². The van der Waals surface area contributed by atoms with Gasteiger partial charge in [0.2, 0.25) is 0 Å². The predicted molar refractivity (Wildman–Crippen MR) is 66.1 cm³/mol. The van der Waals surface area contributed by atoms with E-state index in [9.17, 15) is 15.0 Å². The van der Waals surface area contributed by atoms with Gasteiger partial charge < -0.3 is 0 Å². The van der Waals surface area contributed by atoms with Crippen LogP contribution in [0.5, 0.6) is 0 Å². The summed E-state index contributed by atoms with van der Waals surface area (Å²) >= 11 is -0.127. The molecular weight excluding hydrogens is 319 g/mol. The van der Waals surface area contributed by atoms with Crippen LogP contribution in [0.3, 0.4) is 0 Å². The third-order valence-electron chi connectivity index (χ3n) is 2.99. The molecule has 6 nitrogen and oxygen atoms in total. The quantitative estimate of drug-likeness (QED) is 0.486. The number of carbonyl (C=O) groups excluding carboxylic acids is 1. The summed E-state index contributed by atoms with van der Waals surface area (Å²) in [5.41, 5.74) is 0.386. The maximum atomic E-state index is 11.8. The summed E-state index contributed by atoms with van der Waals surface area (Å²) in [4.78, 5) is 13.6. The van der Waals surface area contributed by atoms with Gasteiger partial charge in [-0.05, 0) is 0 Å². The number of hydrogen-bond acceptors (Lipinski definition) is 6. The van der Waals surface area contributed by atoms with Crippen molar-refractivity contribution < 1.29 is 29.6 Å². The molecule has 0 saturated carbocycles. The summed E-state index contributed by atoms with van der Waals surface area (Å²) in [5, 5.41) is 28.7. The fourth-order valence-electron chi connectivity index (χ4n) is 2.04. The molecule has 7 heteroatoms. The van der Waals surface area contributed by atoms with E-state index in [-0.39, 0.29) is 27.7 Å². The van der Waals surface area contributed by atoms with Crippen LogP contribution in [0, 0.1) is 0 Å². The molecule has 0 aromatic carbocycles. The van der Waals surface area contributed by atoms with Crippen molar-refractivity contribution in [1.29, 1.82) is 0 Å². The molecule has 0 aliphatic carbocycles. The monoisotopic (exact) mass is 336 g/mol. The van der Waals surface area contributed by atoms with E-state index in [0.29, 0.717) is 10.0 Å². The molecule has 0 unspecified atom stereocenters. The second-order valence-corrected chi connectivity index (χ2v) is 6.17. The summed E-state index contributed by atoms with van der Waals surface area (Å²) in [6, 6.07) is 1.65. The molecule has 3 N–H and O–H groups in total. The first-order valence-electron chi connectivity index (χ1n) is 5.97. The Labute approximate surface area is 116 Å². The number of rotatable bonds is 4. The van der Waals surface area contributed by atoms with Crippen molar-refractivity contribution in [2.24, 2.45) is 0 Å².